The van der Waals surface area contributed by atoms with Gasteiger partial charge in [-0.1, -0.05) is 23.0 Å². The number of ketones is 1. The molecule has 0 aliphatic rings. The Kier molecular flexibility index (Phi) is 5.21. The van der Waals surface area contributed by atoms with Crippen LogP contribution in [0.15, 0.2) is 18.2 Å². The number of nitrogens with zero attached hydrogens (tertiary/aromatic N) is 2. The first-order valence-corrected chi connectivity index (χ1v) is 7.59. The van der Waals surface area contributed by atoms with Gasteiger partial charge in [0.05, 0.1) is 12.7 Å². The highest BCUT2D eigenvalue weighted by Gasteiger charge is 2.15. The predicted octanol–water partition coefficient (Wildman–Crippen LogP) is 2.77. The Labute approximate surface area is 132 Å². The van der Waals surface area contributed by atoms with Gasteiger partial charge in [-0.05, 0) is 26.0 Å². The molecule has 7 heteroatoms. The number of aromatic nitrogens is 2. The Morgan fingerprint density at radius 2 is 2.00 bits per heavy atom. The molecule has 1 aromatic heterocycles. The number of benzene rings is 1. The summed E-state index contributed by atoms with van der Waals surface area (Å²) < 4.78 is 5.19. The Morgan fingerprint density at radius 3 is 2.64 bits per heavy atom. The van der Waals surface area contributed by atoms with Gasteiger partial charge in [0.25, 0.3) is 0 Å². The number of ether oxygens (including phenoxy) is 1. The van der Waals surface area contributed by atoms with Gasteiger partial charge >= 0.3 is 0 Å². The van der Waals surface area contributed by atoms with Crippen LogP contribution in [0.25, 0.3) is 0 Å². The number of hydrogen-bond acceptors (Lipinski definition) is 6. The van der Waals surface area contributed by atoms with Crippen LogP contribution >= 0.6 is 11.3 Å². The molecule has 0 atom stereocenters. The minimum atomic E-state index is -0.254. The van der Waals surface area contributed by atoms with Crippen molar-refractivity contribution < 1.29 is 14.3 Å². The van der Waals surface area contributed by atoms with E-state index in [0.29, 0.717) is 16.4 Å². The molecule has 22 heavy (non-hydrogen) atoms. The first-order chi connectivity index (χ1) is 10.5. The van der Waals surface area contributed by atoms with Gasteiger partial charge in [0.1, 0.15) is 10.8 Å². The molecule has 1 heterocycles. The summed E-state index contributed by atoms with van der Waals surface area (Å²) in [6, 6.07) is 5.40. The molecule has 1 amide bonds. The summed E-state index contributed by atoms with van der Waals surface area (Å²) >= 11 is 1.30. The Hall–Kier alpha value is -2.28. The Bertz CT molecular complexity index is 697. The lowest BCUT2D eigenvalue weighted by molar-refractivity contribution is -0.116. The number of amides is 1. The van der Waals surface area contributed by atoms with Crippen LogP contribution in [0, 0.1) is 13.8 Å². The first kappa shape index (κ1) is 16.1. The lowest BCUT2D eigenvalue weighted by Crippen LogP contribution is -2.13. The largest absolute Gasteiger partial charge is 0.496 e. The van der Waals surface area contributed by atoms with Gasteiger partial charge in [0, 0.05) is 12.8 Å². The number of rotatable bonds is 6. The highest BCUT2D eigenvalue weighted by molar-refractivity contribution is 7.15. The molecule has 0 fully saturated rings. The van der Waals surface area contributed by atoms with Gasteiger partial charge in [-0.3, -0.25) is 9.59 Å². The van der Waals surface area contributed by atoms with Crippen LogP contribution in [0.4, 0.5) is 5.13 Å². The van der Waals surface area contributed by atoms with Crippen molar-refractivity contribution in [1.29, 1.82) is 0 Å². The van der Waals surface area contributed by atoms with Crippen molar-refractivity contribution in [2.45, 2.75) is 26.7 Å². The van der Waals surface area contributed by atoms with Crippen molar-refractivity contribution in [3.05, 3.63) is 34.3 Å². The van der Waals surface area contributed by atoms with Crippen molar-refractivity contribution >= 4 is 28.2 Å². The van der Waals surface area contributed by atoms with E-state index in [4.69, 9.17) is 4.74 Å². The van der Waals surface area contributed by atoms with E-state index >= 15 is 0 Å². The van der Waals surface area contributed by atoms with Crippen molar-refractivity contribution in [3.63, 3.8) is 0 Å². The molecule has 116 valence electrons. The second kappa shape index (κ2) is 7.13. The molecule has 0 spiro atoms. The SMILES string of the molecule is COc1ccc(C)cc1C(=O)CCC(=O)Nc1nnc(C)s1. The summed E-state index contributed by atoms with van der Waals surface area (Å²) in [5.74, 6) is 0.149. The first-order valence-electron chi connectivity index (χ1n) is 6.77. The van der Waals surface area contributed by atoms with E-state index < -0.39 is 0 Å². The van der Waals surface area contributed by atoms with Crippen molar-refractivity contribution in [2.24, 2.45) is 0 Å². The number of carbonyl (C=O) groups excluding carboxylic acids is 2. The van der Waals surface area contributed by atoms with Crippen LogP contribution in [0.2, 0.25) is 0 Å². The van der Waals surface area contributed by atoms with E-state index in [2.05, 4.69) is 15.5 Å². The zero-order valence-corrected chi connectivity index (χ0v) is 13.5. The maximum absolute atomic E-state index is 12.3. The molecule has 2 rings (SSSR count). The van der Waals surface area contributed by atoms with Crippen LogP contribution in [0.3, 0.4) is 0 Å². The fourth-order valence-electron chi connectivity index (χ4n) is 1.93. The molecule has 6 nitrogen and oxygen atoms in total. The lowest BCUT2D eigenvalue weighted by Gasteiger charge is -2.08. The number of Topliss-reactive ketones (excluding diaryl/α,β-unsaturated/α-hetero) is 1. The van der Waals surface area contributed by atoms with E-state index in [1.54, 1.807) is 19.1 Å². The van der Waals surface area contributed by atoms with E-state index in [1.807, 2.05) is 13.0 Å². The van der Waals surface area contributed by atoms with Crippen LogP contribution in [0.5, 0.6) is 5.75 Å². The van der Waals surface area contributed by atoms with Crippen molar-refractivity contribution in [1.82, 2.24) is 10.2 Å². The number of hydrogen-bond donors (Lipinski definition) is 1. The normalized spacial score (nSPS) is 10.3. The maximum atomic E-state index is 12.3. The van der Waals surface area contributed by atoms with Crippen LogP contribution in [-0.4, -0.2) is 29.0 Å². The quantitative estimate of drug-likeness (QED) is 0.828. The summed E-state index contributed by atoms with van der Waals surface area (Å²) in [4.78, 5) is 24.1. The summed E-state index contributed by atoms with van der Waals surface area (Å²) in [7, 11) is 1.52. The standard InChI is InChI=1S/C15H17N3O3S/c1-9-4-6-13(21-3)11(8-9)12(19)5-7-14(20)16-15-18-17-10(2)22-15/h4,6,8H,5,7H2,1-3H3,(H,16,18,20). The molecule has 0 radical (unpaired) electrons. The lowest BCUT2D eigenvalue weighted by atomic mass is 10.0. The van der Waals surface area contributed by atoms with Gasteiger partial charge in [-0.15, -0.1) is 10.2 Å². The second-order valence-corrected chi connectivity index (χ2v) is 5.98. The number of nitrogens with one attached hydrogen (secondary N) is 1. The Morgan fingerprint density at radius 1 is 1.23 bits per heavy atom. The highest BCUT2D eigenvalue weighted by atomic mass is 32.1. The molecule has 1 aromatic carbocycles. The van der Waals surface area contributed by atoms with Gasteiger partial charge in [0.2, 0.25) is 11.0 Å². The molecule has 0 aliphatic carbocycles. The fraction of sp³-hybridized carbons (Fsp3) is 0.333. The number of anilines is 1. The molecular weight excluding hydrogens is 302 g/mol. The second-order valence-electron chi connectivity index (χ2n) is 4.80. The molecule has 2 aromatic rings. The van der Waals surface area contributed by atoms with Gasteiger partial charge in [-0.2, -0.15) is 0 Å². The van der Waals surface area contributed by atoms with E-state index in [0.717, 1.165) is 10.6 Å². The topological polar surface area (TPSA) is 81.2 Å². The monoisotopic (exact) mass is 319 g/mol. The molecule has 0 saturated heterocycles. The molecule has 0 saturated carbocycles. The third-order valence-corrected chi connectivity index (χ3v) is 3.76. The summed E-state index contributed by atoms with van der Waals surface area (Å²) in [5.41, 5.74) is 1.47. The number of carbonyl (C=O) groups is 2. The van der Waals surface area contributed by atoms with Crippen LogP contribution in [0.1, 0.15) is 33.8 Å². The maximum Gasteiger partial charge on any atom is 0.226 e. The van der Waals surface area contributed by atoms with Crippen LogP contribution < -0.4 is 10.1 Å². The molecule has 1 N–H and O–H groups in total. The summed E-state index contributed by atoms with van der Waals surface area (Å²) in [5, 5.41) is 11.5. The number of aryl methyl sites for hydroxylation is 2. The minimum Gasteiger partial charge on any atom is -0.496 e. The fourth-order valence-corrected chi connectivity index (χ4v) is 2.54. The molecule has 0 bridgehead atoms. The van der Waals surface area contributed by atoms with E-state index in [9.17, 15) is 9.59 Å². The zero-order valence-electron chi connectivity index (χ0n) is 12.7. The molecule has 0 unspecified atom stereocenters. The van der Waals surface area contributed by atoms with E-state index in [-0.39, 0.29) is 24.5 Å². The minimum absolute atomic E-state index is 0.0918. The molecule has 0 aliphatic heterocycles. The highest BCUT2D eigenvalue weighted by Crippen LogP contribution is 2.22. The van der Waals surface area contributed by atoms with Gasteiger partial charge in [-0.25, -0.2) is 0 Å². The van der Waals surface area contributed by atoms with Crippen molar-refractivity contribution in [2.75, 3.05) is 12.4 Å². The average Bonchev–Trinajstić information content (AvgIpc) is 2.89. The molecular formula is C15H17N3O3S. The summed E-state index contributed by atoms with van der Waals surface area (Å²) in [6.07, 6.45) is 0.206. The number of methoxy groups -OCH3 is 1. The van der Waals surface area contributed by atoms with E-state index in [1.165, 1.54) is 18.4 Å². The van der Waals surface area contributed by atoms with Gasteiger partial charge < -0.3 is 10.1 Å². The predicted molar refractivity (Wildman–Crippen MR) is 84.6 cm³/mol. The zero-order chi connectivity index (χ0) is 16.1. The Balaban J connectivity index is 1.95. The average molecular weight is 319 g/mol. The smallest absolute Gasteiger partial charge is 0.226 e. The summed E-state index contributed by atoms with van der Waals surface area (Å²) in [6.45, 7) is 3.71. The van der Waals surface area contributed by atoms with Crippen molar-refractivity contribution in [3.8, 4) is 5.75 Å². The van der Waals surface area contributed by atoms with Crippen LogP contribution in [-0.2, 0) is 4.79 Å². The third kappa shape index (κ3) is 4.11. The third-order valence-electron chi connectivity index (χ3n) is 3.01. The van der Waals surface area contributed by atoms with Gasteiger partial charge in [0.15, 0.2) is 5.78 Å².